The molecule has 4 rings (SSSR count). The number of rotatable bonds is 4. The van der Waals surface area contributed by atoms with E-state index < -0.39 is 23.5 Å². The van der Waals surface area contributed by atoms with Crippen molar-refractivity contribution >= 4 is 29.0 Å². The SMILES string of the molecule is O=C(C1=C(O)C(=O)N(c2cc(Cl)ccc2O)C1c1ccncc1)c1ccco1. The fourth-order valence-electron chi connectivity index (χ4n) is 3.18. The Hall–Kier alpha value is -3.58. The minimum Gasteiger partial charge on any atom is -0.506 e. The van der Waals surface area contributed by atoms with Crippen molar-refractivity contribution in [2.24, 2.45) is 0 Å². The summed E-state index contributed by atoms with van der Waals surface area (Å²) in [5, 5.41) is 21.1. The fraction of sp³-hybridized carbons (Fsp3) is 0.0500. The van der Waals surface area contributed by atoms with Gasteiger partial charge in [-0.3, -0.25) is 19.5 Å². The molecule has 28 heavy (non-hydrogen) atoms. The number of amides is 1. The Morgan fingerprint density at radius 1 is 1.14 bits per heavy atom. The van der Waals surface area contributed by atoms with E-state index in [2.05, 4.69) is 4.98 Å². The molecule has 7 nitrogen and oxygen atoms in total. The first-order valence-corrected chi connectivity index (χ1v) is 8.60. The quantitative estimate of drug-likeness (QED) is 0.650. The Morgan fingerprint density at radius 2 is 1.89 bits per heavy atom. The summed E-state index contributed by atoms with van der Waals surface area (Å²) in [5.41, 5.74) is 0.417. The van der Waals surface area contributed by atoms with Crippen LogP contribution in [0.4, 0.5) is 5.69 Å². The molecule has 8 heteroatoms. The van der Waals surface area contributed by atoms with E-state index in [9.17, 15) is 19.8 Å². The van der Waals surface area contributed by atoms with Crippen molar-refractivity contribution in [2.45, 2.75) is 6.04 Å². The van der Waals surface area contributed by atoms with Crippen LogP contribution in [-0.4, -0.2) is 26.9 Å². The van der Waals surface area contributed by atoms with Gasteiger partial charge in [-0.1, -0.05) is 11.6 Å². The monoisotopic (exact) mass is 396 g/mol. The summed E-state index contributed by atoms with van der Waals surface area (Å²) in [6.07, 6.45) is 4.32. The van der Waals surface area contributed by atoms with E-state index in [-0.39, 0.29) is 27.8 Å². The number of aromatic nitrogens is 1. The van der Waals surface area contributed by atoms with Gasteiger partial charge in [0, 0.05) is 17.4 Å². The molecule has 0 aliphatic carbocycles. The number of phenols is 1. The molecule has 1 atom stereocenters. The summed E-state index contributed by atoms with van der Waals surface area (Å²) < 4.78 is 5.15. The number of furan rings is 1. The first-order chi connectivity index (χ1) is 13.5. The van der Waals surface area contributed by atoms with Crippen LogP contribution in [0, 0.1) is 0 Å². The molecule has 2 N–H and O–H groups in total. The van der Waals surface area contributed by atoms with E-state index in [0.717, 1.165) is 4.90 Å². The third-order valence-corrected chi connectivity index (χ3v) is 4.65. The van der Waals surface area contributed by atoms with Crippen LogP contribution in [0.1, 0.15) is 22.2 Å². The third-order valence-electron chi connectivity index (χ3n) is 4.42. The second kappa shape index (κ2) is 6.86. The topological polar surface area (TPSA) is 104 Å². The molecule has 1 aliphatic rings. The van der Waals surface area contributed by atoms with Crippen LogP contribution in [0.5, 0.6) is 5.75 Å². The maximum Gasteiger partial charge on any atom is 0.294 e. The molecule has 3 aromatic rings. The lowest BCUT2D eigenvalue weighted by Crippen LogP contribution is -2.31. The zero-order valence-corrected chi connectivity index (χ0v) is 15.0. The number of ketones is 1. The summed E-state index contributed by atoms with van der Waals surface area (Å²) >= 11 is 6.04. The summed E-state index contributed by atoms with van der Waals surface area (Å²) in [6.45, 7) is 0. The Labute approximate surface area is 164 Å². The number of Topliss-reactive ketones (excluding diaryl/α,β-unsaturated/α-hetero) is 1. The minimum atomic E-state index is -1.00. The molecule has 0 fully saturated rings. The highest BCUT2D eigenvalue weighted by Crippen LogP contribution is 2.45. The Kier molecular flexibility index (Phi) is 4.37. The third kappa shape index (κ3) is 2.82. The predicted molar refractivity (Wildman–Crippen MR) is 100 cm³/mol. The molecule has 3 heterocycles. The smallest absolute Gasteiger partial charge is 0.294 e. The number of pyridine rings is 1. The van der Waals surface area contributed by atoms with E-state index in [0.29, 0.717) is 5.56 Å². The van der Waals surface area contributed by atoms with Crippen molar-refractivity contribution in [1.29, 1.82) is 0 Å². The number of hydrogen-bond donors (Lipinski definition) is 2. The molecule has 2 aromatic heterocycles. The van der Waals surface area contributed by atoms with E-state index in [4.69, 9.17) is 16.0 Å². The average Bonchev–Trinajstić information content (AvgIpc) is 3.32. The van der Waals surface area contributed by atoms with Crippen molar-refractivity contribution in [1.82, 2.24) is 4.98 Å². The summed E-state index contributed by atoms with van der Waals surface area (Å²) in [4.78, 5) is 31.0. The number of hydrogen-bond acceptors (Lipinski definition) is 6. The number of aliphatic hydroxyl groups is 1. The Morgan fingerprint density at radius 3 is 2.57 bits per heavy atom. The van der Waals surface area contributed by atoms with Crippen LogP contribution in [0.15, 0.2) is 76.9 Å². The van der Waals surface area contributed by atoms with Crippen LogP contribution in [0.3, 0.4) is 0 Å². The zero-order valence-electron chi connectivity index (χ0n) is 14.2. The first kappa shape index (κ1) is 17.8. The first-order valence-electron chi connectivity index (χ1n) is 8.22. The lowest BCUT2D eigenvalue weighted by Gasteiger charge is -2.27. The highest BCUT2D eigenvalue weighted by molar-refractivity contribution is 6.31. The van der Waals surface area contributed by atoms with Crippen molar-refractivity contribution in [3.63, 3.8) is 0 Å². The number of benzene rings is 1. The van der Waals surface area contributed by atoms with Gasteiger partial charge < -0.3 is 14.6 Å². The van der Waals surface area contributed by atoms with E-state index in [1.807, 2.05) is 0 Å². The molecule has 140 valence electrons. The van der Waals surface area contributed by atoms with E-state index >= 15 is 0 Å². The second-order valence-corrected chi connectivity index (χ2v) is 6.50. The molecule has 0 radical (unpaired) electrons. The van der Waals surface area contributed by atoms with Gasteiger partial charge in [-0.15, -0.1) is 0 Å². The molecule has 1 unspecified atom stereocenters. The largest absolute Gasteiger partial charge is 0.506 e. The molecule has 1 amide bonds. The van der Waals surface area contributed by atoms with Crippen molar-refractivity contribution in [3.05, 3.63) is 88.8 Å². The van der Waals surface area contributed by atoms with Crippen LogP contribution in [-0.2, 0) is 4.79 Å². The molecular weight excluding hydrogens is 384 g/mol. The normalized spacial score (nSPS) is 16.7. The maximum atomic E-state index is 13.0. The van der Waals surface area contributed by atoms with Crippen LogP contribution in [0.25, 0.3) is 0 Å². The number of aliphatic hydroxyl groups excluding tert-OH is 1. The minimum absolute atomic E-state index is 0.0226. The summed E-state index contributed by atoms with van der Waals surface area (Å²) in [6, 6.07) is 9.37. The van der Waals surface area contributed by atoms with Crippen molar-refractivity contribution in [3.8, 4) is 5.75 Å². The van der Waals surface area contributed by atoms with Gasteiger partial charge in [0.05, 0.1) is 23.6 Å². The molecule has 0 spiro atoms. The molecular formula is C20H13ClN2O5. The summed E-state index contributed by atoms with van der Waals surface area (Å²) in [7, 11) is 0. The van der Waals surface area contributed by atoms with Gasteiger partial charge in [0.25, 0.3) is 5.91 Å². The van der Waals surface area contributed by atoms with E-state index in [1.54, 1.807) is 12.1 Å². The van der Waals surface area contributed by atoms with Gasteiger partial charge in [-0.05, 0) is 48.0 Å². The summed E-state index contributed by atoms with van der Waals surface area (Å²) in [5.74, 6) is -2.44. The van der Waals surface area contributed by atoms with Crippen LogP contribution >= 0.6 is 11.6 Å². The number of anilines is 1. The van der Waals surface area contributed by atoms with Gasteiger partial charge in [0.2, 0.25) is 5.78 Å². The van der Waals surface area contributed by atoms with Gasteiger partial charge >= 0.3 is 0 Å². The van der Waals surface area contributed by atoms with Crippen molar-refractivity contribution < 1.29 is 24.2 Å². The standard InChI is InChI=1S/C20H13ClN2O5/c21-12-3-4-14(24)13(10-12)23-17(11-5-7-22-8-6-11)16(19(26)20(23)27)18(25)15-2-1-9-28-15/h1-10,17,24,26H. The van der Waals surface area contributed by atoms with Gasteiger partial charge in [-0.25, -0.2) is 0 Å². The Bertz CT molecular complexity index is 1090. The van der Waals surface area contributed by atoms with Gasteiger partial charge in [-0.2, -0.15) is 0 Å². The number of nitrogens with zero attached hydrogens (tertiary/aromatic N) is 2. The number of aromatic hydroxyl groups is 1. The predicted octanol–water partition coefficient (Wildman–Crippen LogP) is 3.82. The number of phenolic OH excluding ortho intramolecular Hbond substituents is 1. The molecule has 0 saturated heterocycles. The number of carbonyl (C=O) groups is 2. The molecule has 0 saturated carbocycles. The number of halogens is 1. The lowest BCUT2D eigenvalue weighted by molar-refractivity contribution is -0.117. The highest BCUT2D eigenvalue weighted by atomic mass is 35.5. The van der Waals surface area contributed by atoms with Crippen molar-refractivity contribution in [2.75, 3.05) is 4.90 Å². The fourth-order valence-corrected chi connectivity index (χ4v) is 3.34. The lowest BCUT2D eigenvalue weighted by atomic mass is 9.95. The molecule has 0 bridgehead atoms. The van der Waals surface area contributed by atoms with E-state index in [1.165, 1.54) is 49.0 Å². The second-order valence-electron chi connectivity index (χ2n) is 6.06. The van der Waals surface area contributed by atoms with Crippen LogP contribution in [0.2, 0.25) is 5.02 Å². The van der Waals surface area contributed by atoms with Gasteiger partial charge in [0.15, 0.2) is 11.5 Å². The maximum absolute atomic E-state index is 13.0. The van der Waals surface area contributed by atoms with Crippen LogP contribution < -0.4 is 4.90 Å². The highest BCUT2D eigenvalue weighted by Gasteiger charge is 2.46. The molecule has 1 aliphatic heterocycles. The molecule has 1 aromatic carbocycles. The van der Waals surface area contributed by atoms with Gasteiger partial charge in [0.1, 0.15) is 5.75 Å². The zero-order chi connectivity index (χ0) is 19.8. The Balaban J connectivity index is 1.92. The number of carbonyl (C=O) groups excluding carboxylic acids is 2. The average molecular weight is 397 g/mol.